The molecule has 5 heteroatoms. The van der Waals surface area contributed by atoms with E-state index >= 15 is 0 Å². The minimum absolute atomic E-state index is 0.0301. The summed E-state index contributed by atoms with van der Waals surface area (Å²) in [6.45, 7) is 1.32. The Morgan fingerprint density at radius 2 is 2.14 bits per heavy atom. The van der Waals surface area contributed by atoms with Gasteiger partial charge in [0.15, 0.2) is 0 Å². The van der Waals surface area contributed by atoms with Crippen molar-refractivity contribution < 1.29 is 9.90 Å². The quantitative estimate of drug-likeness (QED) is 0.943. The fourth-order valence-electron chi connectivity index (χ4n) is 3.09. The second kappa shape index (κ2) is 6.32. The number of aliphatic hydroxyl groups is 1. The van der Waals surface area contributed by atoms with Gasteiger partial charge in [-0.05, 0) is 25.0 Å². The van der Waals surface area contributed by atoms with E-state index in [2.05, 4.69) is 4.98 Å². The summed E-state index contributed by atoms with van der Waals surface area (Å²) < 4.78 is 1.84. The molecule has 0 aliphatic carbocycles. The lowest BCUT2D eigenvalue weighted by Crippen LogP contribution is -2.42. The van der Waals surface area contributed by atoms with Gasteiger partial charge in [-0.3, -0.25) is 4.79 Å². The standard InChI is InChI=1S/C17H21N3O2/c1-19-11-9-18-16(19)15(21)14-8-5-10-20(12-14)17(22)13-6-3-2-4-7-13/h2-4,6-7,9,11,14-15,21H,5,8,10,12H2,1H3. The monoisotopic (exact) mass is 299 g/mol. The lowest BCUT2D eigenvalue weighted by Gasteiger charge is -2.35. The molecule has 1 aliphatic rings. The first-order chi connectivity index (χ1) is 10.7. The average molecular weight is 299 g/mol. The molecule has 0 spiro atoms. The zero-order valence-electron chi connectivity index (χ0n) is 12.7. The third kappa shape index (κ3) is 2.90. The molecule has 2 unspecified atom stereocenters. The Morgan fingerprint density at radius 1 is 1.36 bits per heavy atom. The van der Waals surface area contributed by atoms with Crippen molar-refractivity contribution in [1.29, 1.82) is 0 Å². The van der Waals surface area contributed by atoms with Crippen LogP contribution in [0.1, 0.15) is 35.1 Å². The van der Waals surface area contributed by atoms with E-state index in [9.17, 15) is 9.90 Å². The fraction of sp³-hybridized carbons (Fsp3) is 0.412. The van der Waals surface area contributed by atoms with E-state index in [0.29, 0.717) is 17.9 Å². The summed E-state index contributed by atoms with van der Waals surface area (Å²) in [5, 5.41) is 10.6. The van der Waals surface area contributed by atoms with E-state index in [4.69, 9.17) is 0 Å². The van der Waals surface area contributed by atoms with Crippen molar-refractivity contribution in [3.05, 3.63) is 54.1 Å². The van der Waals surface area contributed by atoms with Gasteiger partial charge in [-0.2, -0.15) is 0 Å². The van der Waals surface area contributed by atoms with Crippen molar-refractivity contribution in [2.24, 2.45) is 13.0 Å². The zero-order chi connectivity index (χ0) is 15.5. The molecule has 1 aromatic heterocycles. The second-order valence-corrected chi connectivity index (χ2v) is 5.86. The number of hydrogen-bond acceptors (Lipinski definition) is 3. The predicted molar refractivity (Wildman–Crippen MR) is 83.2 cm³/mol. The molecule has 22 heavy (non-hydrogen) atoms. The molecule has 2 aromatic rings. The fourth-order valence-corrected chi connectivity index (χ4v) is 3.09. The third-order valence-electron chi connectivity index (χ3n) is 4.34. The highest BCUT2D eigenvalue weighted by molar-refractivity contribution is 5.94. The van der Waals surface area contributed by atoms with E-state index in [1.807, 2.05) is 53.0 Å². The van der Waals surface area contributed by atoms with Gasteiger partial charge in [0.25, 0.3) is 5.91 Å². The zero-order valence-corrected chi connectivity index (χ0v) is 12.7. The molecule has 3 rings (SSSR count). The van der Waals surface area contributed by atoms with Crippen LogP contribution in [0.2, 0.25) is 0 Å². The number of aryl methyl sites for hydroxylation is 1. The molecule has 5 nitrogen and oxygen atoms in total. The van der Waals surface area contributed by atoms with Gasteiger partial charge >= 0.3 is 0 Å². The Kier molecular flexibility index (Phi) is 4.24. The summed E-state index contributed by atoms with van der Waals surface area (Å²) in [6, 6.07) is 9.32. The summed E-state index contributed by atoms with van der Waals surface area (Å²) in [4.78, 5) is 18.6. The van der Waals surface area contributed by atoms with Crippen molar-refractivity contribution in [3.63, 3.8) is 0 Å². The van der Waals surface area contributed by atoms with Crippen molar-refractivity contribution in [2.45, 2.75) is 18.9 Å². The van der Waals surface area contributed by atoms with Gasteiger partial charge in [-0.1, -0.05) is 18.2 Å². The number of rotatable bonds is 3. The van der Waals surface area contributed by atoms with Gasteiger partial charge in [-0.25, -0.2) is 4.98 Å². The van der Waals surface area contributed by atoms with Gasteiger partial charge in [0, 0.05) is 44.0 Å². The van der Waals surface area contributed by atoms with Crippen LogP contribution in [0, 0.1) is 5.92 Å². The summed E-state index contributed by atoms with van der Waals surface area (Å²) in [5.74, 6) is 0.735. The van der Waals surface area contributed by atoms with E-state index in [-0.39, 0.29) is 11.8 Å². The first-order valence-corrected chi connectivity index (χ1v) is 7.66. The number of benzene rings is 1. The molecule has 0 saturated carbocycles. The normalized spacial score (nSPS) is 19.9. The minimum Gasteiger partial charge on any atom is -0.385 e. The van der Waals surface area contributed by atoms with Gasteiger partial charge in [0.1, 0.15) is 11.9 Å². The summed E-state index contributed by atoms with van der Waals surface area (Å²) in [5.41, 5.74) is 0.703. The topological polar surface area (TPSA) is 58.4 Å². The van der Waals surface area contributed by atoms with Crippen molar-refractivity contribution >= 4 is 5.91 Å². The Hall–Kier alpha value is -2.14. The molecule has 0 bridgehead atoms. The molecule has 1 amide bonds. The van der Waals surface area contributed by atoms with Crippen LogP contribution in [0.15, 0.2) is 42.7 Å². The number of carbonyl (C=O) groups excluding carboxylic acids is 1. The molecule has 0 radical (unpaired) electrons. The number of nitrogens with zero attached hydrogens (tertiary/aromatic N) is 3. The lowest BCUT2D eigenvalue weighted by atomic mass is 9.91. The smallest absolute Gasteiger partial charge is 0.253 e. The number of amides is 1. The maximum atomic E-state index is 12.5. The number of hydrogen-bond donors (Lipinski definition) is 1. The first kappa shape index (κ1) is 14.8. The van der Waals surface area contributed by atoms with Crippen LogP contribution in [0.3, 0.4) is 0 Å². The SMILES string of the molecule is Cn1ccnc1C(O)C1CCCN(C(=O)c2ccccc2)C1. The van der Waals surface area contributed by atoms with Crippen LogP contribution in [0.25, 0.3) is 0 Å². The number of aromatic nitrogens is 2. The van der Waals surface area contributed by atoms with Gasteiger partial charge in [0.05, 0.1) is 0 Å². The van der Waals surface area contributed by atoms with Crippen LogP contribution in [-0.2, 0) is 7.05 Å². The van der Waals surface area contributed by atoms with E-state index in [0.717, 1.165) is 19.4 Å². The number of likely N-dealkylation sites (tertiary alicyclic amines) is 1. The highest BCUT2D eigenvalue weighted by atomic mass is 16.3. The van der Waals surface area contributed by atoms with Crippen LogP contribution in [0.5, 0.6) is 0 Å². The largest absolute Gasteiger partial charge is 0.385 e. The van der Waals surface area contributed by atoms with Crippen LogP contribution < -0.4 is 0 Å². The molecule has 1 fully saturated rings. The Balaban J connectivity index is 1.72. The molecular weight excluding hydrogens is 278 g/mol. The molecule has 1 N–H and O–H groups in total. The highest BCUT2D eigenvalue weighted by Crippen LogP contribution is 2.29. The van der Waals surface area contributed by atoms with Crippen molar-refractivity contribution in [3.8, 4) is 0 Å². The Morgan fingerprint density at radius 3 is 2.82 bits per heavy atom. The van der Waals surface area contributed by atoms with E-state index in [1.54, 1.807) is 6.20 Å². The van der Waals surface area contributed by atoms with Gasteiger partial charge in [-0.15, -0.1) is 0 Å². The van der Waals surface area contributed by atoms with Crippen LogP contribution >= 0.6 is 0 Å². The Labute approximate surface area is 130 Å². The summed E-state index contributed by atoms with van der Waals surface area (Å²) in [6.07, 6.45) is 4.70. The van der Waals surface area contributed by atoms with Crippen LogP contribution in [0.4, 0.5) is 0 Å². The molecule has 1 aromatic carbocycles. The number of carbonyl (C=O) groups is 1. The second-order valence-electron chi connectivity index (χ2n) is 5.86. The molecule has 2 atom stereocenters. The average Bonchev–Trinajstić information content (AvgIpc) is 3.00. The predicted octanol–water partition coefficient (Wildman–Crippen LogP) is 2.01. The minimum atomic E-state index is -0.633. The van der Waals surface area contributed by atoms with Gasteiger partial charge < -0.3 is 14.6 Å². The van der Waals surface area contributed by atoms with E-state index in [1.165, 1.54) is 0 Å². The highest BCUT2D eigenvalue weighted by Gasteiger charge is 2.31. The molecule has 116 valence electrons. The number of piperidine rings is 1. The number of imidazole rings is 1. The maximum Gasteiger partial charge on any atom is 0.253 e. The molecule has 1 aliphatic heterocycles. The maximum absolute atomic E-state index is 12.5. The third-order valence-corrected chi connectivity index (χ3v) is 4.34. The van der Waals surface area contributed by atoms with Crippen molar-refractivity contribution in [1.82, 2.24) is 14.5 Å². The van der Waals surface area contributed by atoms with Gasteiger partial charge in [0.2, 0.25) is 0 Å². The Bertz CT molecular complexity index is 638. The summed E-state index contributed by atoms with van der Waals surface area (Å²) >= 11 is 0. The molecule has 2 heterocycles. The molecular formula is C17H21N3O2. The van der Waals surface area contributed by atoms with Crippen molar-refractivity contribution in [2.75, 3.05) is 13.1 Å². The molecule has 1 saturated heterocycles. The first-order valence-electron chi connectivity index (χ1n) is 7.66. The van der Waals surface area contributed by atoms with E-state index < -0.39 is 6.10 Å². The number of aliphatic hydroxyl groups excluding tert-OH is 1. The van der Waals surface area contributed by atoms with Crippen LogP contribution in [-0.4, -0.2) is 38.6 Å². The lowest BCUT2D eigenvalue weighted by molar-refractivity contribution is 0.0358. The summed E-state index contributed by atoms with van der Waals surface area (Å²) in [7, 11) is 1.88.